The molecule has 3 rings (SSSR count). The molecule has 0 fully saturated rings. The first-order valence-electron chi connectivity index (χ1n) is 5.89. The highest BCUT2D eigenvalue weighted by molar-refractivity contribution is 5.85. The number of fused-ring (bicyclic) bond motifs is 3. The van der Waals surface area contributed by atoms with E-state index in [9.17, 15) is 20.1 Å². The highest BCUT2D eigenvalue weighted by atomic mass is 16.4. The normalized spacial score (nSPS) is 32.7. The zero-order valence-corrected chi connectivity index (χ0v) is 10.8. The molecule has 0 unspecified atom stereocenters. The van der Waals surface area contributed by atoms with Gasteiger partial charge in [-0.1, -0.05) is 0 Å². The van der Waals surface area contributed by atoms with E-state index >= 15 is 0 Å². The van der Waals surface area contributed by atoms with Gasteiger partial charge in [0.1, 0.15) is 24.6 Å². The van der Waals surface area contributed by atoms with Gasteiger partial charge in [-0.2, -0.15) is 0 Å². The molecule has 0 aromatic rings. The Balaban J connectivity index is 2.30. The Labute approximate surface area is 113 Å². The van der Waals surface area contributed by atoms with Crippen molar-refractivity contribution in [1.82, 2.24) is 19.5 Å². The van der Waals surface area contributed by atoms with Crippen molar-refractivity contribution in [3.63, 3.8) is 0 Å². The first-order chi connectivity index (χ1) is 9.28. The van der Waals surface area contributed by atoms with E-state index in [1.807, 2.05) is 0 Å². The van der Waals surface area contributed by atoms with Crippen LogP contribution in [0.15, 0.2) is 12.7 Å². The average molecular weight is 279 g/mol. The largest absolute Gasteiger partial charge is 0.479 e. The van der Waals surface area contributed by atoms with E-state index in [2.05, 4.69) is 20.3 Å². The summed E-state index contributed by atoms with van der Waals surface area (Å²) in [4.78, 5) is 23.4. The topological polar surface area (TPSA) is 133 Å². The molecule has 3 aliphatic heterocycles. The summed E-state index contributed by atoms with van der Waals surface area (Å²) in [6, 6.07) is 0. The third-order valence-corrected chi connectivity index (χ3v) is 3.71. The van der Waals surface area contributed by atoms with Gasteiger partial charge in [0, 0.05) is 0 Å². The second-order valence-electron chi connectivity index (χ2n) is 5.14. The summed E-state index contributed by atoms with van der Waals surface area (Å²) in [5, 5.41) is 32.8. The molecule has 106 valence electrons. The summed E-state index contributed by atoms with van der Waals surface area (Å²) in [6.45, 7) is 2.60. The van der Waals surface area contributed by atoms with Crippen LogP contribution in [0.2, 0.25) is 0 Å². The molecular weight excluding hydrogens is 266 g/mol. The monoisotopic (exact) mass is 279 g/mol. The van der Waals surface area contributed by atoms with Gasteiger partial charge in [0.2, 0.25) is 0 Å². The number of aliphatic carboxylic acids is 1. The number of aromatic nitrogens is 4. The highest BCUT2D eigenvalue weighted by Crippen LogP contribution is 2.40. The summed E-state index contributed by atoms with van der Waals surface area (Å²) in [5.41, 5.74) is -3.29. The molecule has 9 heteroatoms. The number of nitrogens with one attached hydrogen (secondary N) is 1. The number of aliphatic hydroxyl groups is 2. The summed E-state index contributed by atoms with van der Waals surface area (Å²) < 4.78 is 1.25. The van der Waals surface area contributed by atoms with Crippen molar-refractivity contribution in [2.24, 2.45) is 0 Å². The number of aliphatic hydroxyl groups excluding tert-OH is 1. The van der Waals surface area contributed by atoms with E-state index in [1.54, 1.807) is 0 Å². The van der Waals surface area contributed by atoms with Crippen LogP contribution in [0.3, 0.4) is 0 Å². The van der Waals surface area contributed by atoms with Gasteiger partial charge in [0.25, 0.3) is 0 Å². The fraction of sp³-hybridized carbons (Fsp3) is 0.455. The minimum absolute atomic E-state index is 0.243. The van der Waals surface area contributed by atoms with Gasteiger partial charge in [-0.15, -0.1) is 0 Å². The van der Waals surface area contributed by atoms with Crippen molar-refractivity contribution in [3.05, 3.63) is 12.7 Å². The van der Waals surface area contributed by atoms with Crippen molar-refractivity contribution in [2.75, 3.05) is 5.32 Å². The van der Waals surface area contributed by atoms with Crippen LogP contribution in [0.5, 0.6) is 0 Å². The van der Waals surface area contributed by atoms with Gasteiger partial charge in [-0.05, 0) is 13.8 Å². The van der Waals surface area contributed by atoms with Gasteiger partial charge in [-0.3, -0.25) is 4.57 Å². The number of nitrogens with zero attached hydrogens (tertiary/aromatic N) is 4. The van der Waals surface area contributed by atoms with Crippen LogP contribution in [-0.4, -0.2) is 52.5 Å². The Hall–Kier alpha value is -2.26. The highest BCUT2D eigenvalue weighted by Gasteiger charge is 2.55. The van der Waals surface area contributed by atoms with Crippen molar-refractivity contribution in [2.45, 2.75) is 31.2 Å². The molecule has 20 heavy (non-hydrogen) atoms. The lowest BCUT2D eigenvalue weighted by molar-refractivity contribution is -0.174. The van der Waals surface area contributed by atoms with Crippen LogP contribution in [0.1, 0.15) is 13.8 Å². The minimum atomic E-state index is -1.85. The number of carbonyl (C=O) groups is 1. The fourth-order valence-corrected chi connectivity index (χ4v) is 2.43. The first-order valence-corrected chi connectivity index (χ1v) is 5.89. The van der Waals surface area contributed by atoms with Gasteiger partial charge in [-0.25, -0.2) is 19.7 Å². The smallest absolute Gasteiger partial charge is 0.332 e. The van der Waals surface area contributed by atoms with E-state index in [-0.39, 0.29) is 5.82 Å². The number of imidazole rings is 1. The van der Waals surface area contributed by atoms with Crippen LogP contribution in [-0.2, 0) is 10.5 Å². The Bertz CT molecular complexity index is 669. The third-order valence-electron chi connectivity index (χ3n) is 3.71. The van der Waals surface area contributed by atoms with E-state index in [0.717, 1.165) is 0 Å². The van der Waals surface area contributed by atoms with Crippen molar-refractivity contribution >= 4 is 11.8 Å². The van der Waals surface area contributed by atoms with Crippen LogP contribution in [0.25, 0.3) is 11.5 Å². The number of rotatable bonds is 1. The zero-order chi connectivity index (χ0) is 14.7. The Morgan fingerprint density at radius 1 is 1.40 bits per heavy atom. The number of hydrogen-bond acceptors (Lipinski definition) is 7. The van der Waals surface area contributed by atoms with Crippen molar-refractivity contribution < 1.29 is 20.1 Å². The van der Waals surface area contributed by atoms with Gasteiger partial charge >= 0.3 is 5.97 Å². The molecule has 0 radical (unpaired) electrons. The molecule has 3 atom stereocenters. The van der Waals surface area contributed by atoms with Crippen LogP contribution in [0, 0.1) is 0 Å². The third kappa shape index (κ3) is 1.38. The summed E-state index contributed by atoms with van der Waals surface area (Å²) in [5.74, 6) is -0.725. The number of hydrogen-bond donors (Lipinski definition) is 4. The maximum absolute atomic E-state index is 11.5. The predicted octanol–water partition coefficient (Wildman–Crippen LogP) is -0.927. The van der Waals surface area contributed by atoms with Crippen LogP contribution in [0.4, 0.5) is 5.82 Å². The molecule has 0 bridgehead atoms. The Kier molecular flexibility index (Phi) is 2.32. The lowest BCUT2D eigenvalue weighted by Gasteiger charge is -2.47. The maximum Gasteiger partial charge on any atom is 0.332 e. The molecule has 3 aliphatic rings. The molecule has 0 amide bonds. The van der Waals surface area contributed by atoms with Crippen molar-refractivity contribution in [1.29, 1.82) is 0 Å². The number of carboxylic acid groups (broad SMARTS) is 1. The standard InChI is InChI=1S/C11H13N5O4/c1-10(9(18)19)8(17)11(2,20)16-4-14-6-5(7(16)15-10)12-3-13-6/h3-4,8,15,17,20H,1-2H3,(H,18,19)/t8-,10-,11+/m0/s1. The summed E-state index contributed by atoms with van der Waals surface area (Å²) >= 11 is 0. The van der Waals surface area contributed by atoms with Crippen LogP contribution >= 0.6 is 0 Å². The lowest BCUT2D eigenvalue weighted by Crippen LogP contribution is -2.66. The molecule has 3 heterocycles. The maximum atomic E-state index is 11.5. The second kappa shape index (κ2) is 3.64. The lowest BCUT2D eigenvalue weighted by atomic mass is 9.85. The fourth-order valence-electron chi connectivity index (χ4n) is 2.43. The molecule has 9 nitrogen and oxygen atoms in total. The van der Waals surface area contributed by atoms with Gasteiger partial charge in [0.15, 0.2) is 22.8 Å². The molecule has 0 aliphatic carbocycles. The number of carboxylic acids is 1. The van der Waals surface area contributed by atoms with Gasteiger partial charge < -0.3 is 20.6 Å². The first kappa shape index (κ1) is 12.8. The molecule has 0 spiro atoms. The second-order valence-corrected chi connectivity index (χ2v) is 5.14. The van der Waals surface area contributed by atoms with Gasteiger partial charge in [0.05, 0.1) is 0 Å². The van der Waals surface area contributed by atoms with Crippen LogP contribution < -0.4 is 5.32 Å². The number of anilines is 1. The molecule has 0 saturated heterocycles. The van der Waals surface area contributed by atoms with E-state index in [1.165, 1.54) is 31.1 Å². The quantitative estimate of drug-likeness (QED) is 0.526. The molecular formula is C11H13N5O4. The molecule has 0 saturated carbocycles. The van der Waals surface area contributed by atoms with E-state index in [4.69, 9.17) is 0 Å². The van der Waals surface area contributed by atoms with Crippen molar-refractivity contribution in [3.8, 4) is 11.5 Å². The summed E-state index contributed by atoms with van der Waals surface area (Å²) in [6.07, 6.45) is 0.981. The molecule has 0 aromatic heterocycles. The average Bonchev–Trinajstić information content (AvgIpc) is 2.84. The van der Waals surface area contributed by atoms with E-state index < -0.39 is 23.3 Å². The minimum Gasteiger partial charge on any atom is -0.479 e. The Morgan fingerprint density at radius 2 is 2.10 bits per heavy atom. The Morgan fingerprint density at radius 3 is 2.75 bits per heavy atom. The SMILES string of the molecule is C[C@]1(C(=O)O)Nc2c3ncnc-3ncn2[C@](C)(O)[C@H]1O. The summed E-state index contributed by atoms with van der Waals surface area (Å²) in [7, 11) is 0. The molecule has 0 aromatic carbocycles. The van der Waals surface area contributed by atoms with E-state index in [0.29, 0.717) is 11.5 Å². The predicted molar refractivity (Wildman–Crippen MR) is 66.0 cm³/mol. The molecule has 4 N–H and O–H groups in total. The zero-order valence-electron chi connectivity index (χ0n) is 10.8.